The van der Waals surface area contributed by atoms with Gasteiger partial charge in [0, 0.05) is 11.6 Å². The van der Waals surface area contributed by atoms with Gasteiger partial charge in [0.15, 0.2) is 0 Å². The van der Waals surface area contributed by atoms with Crippen molar-refractivity contribution in [3.8, 4) is 0 Å². The molecule has 2 aromatic rings. The lowest BCUT2D eigenvalue weighted by molar-refractivity contribution is 0.491. The summed E-state index contributed by atoms with van der Waals surface area (Å²) in [4.78, 5) is 0. The molecule has 0 aliphatic rings. The number of nitrogens with two attached hydrogens (primary N) is 2. The van der Waals surface area contributed by atoms with Crippen LogP contribution in [0.4, 0.5) is 0 Å². The molecular formula is C18H24N2. The maximum atomic E-state index is 6.50. The zero-order valence-electron chi connectivity index (χ0n) is 12.3. The monoisotopic (exact) mass is 268 g/mol. The van der Waals surface area contributed by atoms with Crippen molar-refractivity contribution in [3.05, 3.63) is 71.3 Å². The lowest BCUT2D eigenvalue weighted by atomic mass is 9.86. The molecule has 0 amide bonds. The van der Waals surface area contributed by atoms with E-state index in [4.69, 9.17) is 11.5 Å². The molecule has 2 aromatic carbocycles. The molecule has 0 heterocycles. The van der Waals surface area contributed by atoms with Crippen LogP contribution in [-0.4, -0.2) is 6.04 Å². The van der Waals surface area contributed by atoms with Gasteiger partial charge in [0.05, 0.1) is 0 Å². The van der Waals surface area contributed by atoms with E-state index < -0.39 is 0 Å². The van der Waals surface area contributed by atoms with Crippen molar-refractivity contribution < 1.29 is 0 Å². The van der Waals surface area contributed by atoms with Crippen molar-refractivity contribution >= 4 is 0 Å². The van der Waals surface area contributed by atoms with Crippen LogP contribution in [0.15, 0.2) is 54.6 Å². The fourth-order valence-corrected chi connectivity index (χ4v) is 2.52. The molecule has 1 unspecified atom stereocenters. The van der Waals surface area contributed by atoms with Crippen LogP contribution in [0, 0.1) is 0 Å². The maximum absolute atomic E-state index is 6.50. The number of rotatable bonds is 5. The molecule has 0 saturated heterocycles. The summed E-state index contributed by atoms with van der Waals surface area (Å²) in [6.07, 6.45) is 1.74. The minimum absolute atomic E-state index is 0.189. The standard InChI is InChI=1S/C18H24N2/c1-14(19)12-15-8-10-17(11-9-15)18(2,20)13-16-6-4-3-5-7-16/h3-11,14H,12-13,19-20H2,1-2H3/t14-,18?/m1/s1. The van der Waals surface area contributed by atoms with Gasteiger partial charge in [-0.1, -0.05) is 54.6 Å². The summed E-state index contributed by atoms with van der Waals surface area (Å²) in [6, 6.07) is 19.1. The normalized spacial score (nSPS) is 15.6. The second-order valence-electron chi connectivity index (χ2n) is 5.96. The van der Waals surface area contributed by atoms with Crippen LogP contribution < -0.4 is 11.5 Å². The number of hydrogen-bond acceptors (Lipinski definition) is 2. The lowest BCUT2D eigenvalue weighted by Crippen LogP contribution is -2.35. The van der Waals surface area contributed by atoms with Crippen LogP contribution in [0.25, 0.3) is 0 Å². The molecule has 2 atom stereocenters. The Morgan fingerprint density at radius 1 is 0.950 bits per heavy atom. The topological polar surface area (TPSA) is 52.0 Å². The maximum Gasteiger partial charge on any atom is 0.0421 e. The van der Waals surface area contributed by atoms with Crippen LogP contribution >= 0.6 is 0 Å². The predicted octanol–water partition coefficient (Wildman–Crippen LogP) is 2.99. The second kappa shape index (κ2) is 6.21. The lowest BCUT2D eigenvalue weighted by Gasteiger charge is -2.26. The van der Waals surface area contributed by atoms with Gasteiger partial charge in [-0.05, 0) is 43.4 Å². The Morgan fingerprint density at radius 3 is 2.10 bits per heavy atom. The molecule has 2 nitrogen and oxygen atoms in total. The molecule has 0 spiro atoms. The van der Waals surface area contributed by atoms with Gasteiger partial charge < -0.3 is 11.5 Å². The first-order chi connectivity index (χ1) is 9.47. The van der Waals surface area contributed by atoms with E-state index in [0.29, 0.717) is 0 Å². The Morgan fingerprint density at radius 2 is 1.55 bits per heavy atom. The van der Waals surface area contributed by atoms with Gasteiger partial charge in [0.2, 0.25) is 0 Å². The van der Waals surface area contributed by atoms with Crippen molar-refractivity contribution in [2.45, 2.75) is 38.3 Å². The van der Waals surface area contributed by atoms with Gasteiger partial charge >= 0.3 is 0 Å². The molecule has 4 N–H and O–H groups in total. The van der Waals surface area contributed by atoms with Crippen LogP contribution in [0.5, 0.6) is 0 Å². The van der Waals surface area contributed by atoms with Crippen molar-refractivity contribution in [3.63, 3.8) is 0 Å². The summed E-state index contributed by atoms with van der Waals surface area (Å²) in [6.45, 7) is 4.11. The van der Waals surface area contributed by atoms with Gasteiger partial charge in [-0.25, -0.2) is 0 Å². The van der Waals surface area contributed by atoms with Crippen molar-refractivity contribution in [2.24, 2.45) is 11.5 Å². The van der Waals surface area contributed by atoms with E-state index in [1.54, 1.807) is 0 Å². The Kier molecular flexibility index (Phi) is 4.58. The molecule has 0 aliphatic heterocycles. The average Bonchev–Trinajstić information content (AvgIpc) is 2.39. The van der Waals surface area contributed by atoms with Crippen molar-refractivity contribution in [1.82, 2.24) is 0 Å². The van der Waals surface area contributed by atoms with Crippen LogP contribution in [-0.2, 0) is 18.4 Å². The van der Waals surface area contributed by atoms with Crippen molar-refractivity contribution in [1.29, 1.82) is 0 Å². The van der Waals surface area contributed by atoms with Crippen LogP contribution in [0.1, 0.15) is 30.5 Å². The Bertz CT molecular complexity index is 527. The van der Waals surface area contributed by atoms with E-state index in [1.807, 2.05) is 13.0 Å². The molecule has 0 fully saturated rings. The van der Waals surface area contributed by atoms with Crippen LogP contribution in [0.3, 0.4) is 0 Å². The largest absolute Gasteiger partial charge is 0.328 e. The molecular weight excluding hydrogens is 244 g/mol. The molecule has 0 bridgehead atoms. The molecule has 2 heteroatoms. The number of hydrogen-bond donors (Lipinski definition) is 2. The average molecular weight is 268 g/mol. The summed E-state index contributed by atoms with van der Waals surface area (Å²) in [5.74, 6) is 0. The summed E-state index contributed by atoms with van der Waals surface area (Å²) in [5.41, 5.74) is 15.7. The van der Waals surface area contributed by atoms with E-state index in [1.165, 1.54) is 11.1 Å². The fraction of sp³-hybridized carbons (Fsp3) is 0.333. The molecule has 0 aromatic heterocycles. The van der Waals surface area contributed by atoms with E-state index in [0.717, 1.165) is 18.4 Å². The SMILES string of the molecule is C[C@@H](N)Cc1ccc(C(C)(N)Cc2ccccc2)cc1. The van der Waals surface area contributed by atoms with Crippen LogP contribution in [0.2, 0.25) is 0 Å². The highest BCUT2D eigenvalue weighted by Gasteiger charge is 2.21. The number of benzene rings is 2. The highest BCUT2D eigenvalue weighted by atomic mass is 14.7. The minimum Gasteiger partial charge on any atom is -0.328 e. The van der Waals surface area contributed by atoms with Gasteiger partial charge in [0.25, 0.3) is 0 Å². The Hall–Kier alpha value is -1.64. The second-order valence-corrected chi connectivity index (χ2v) is 5.96. The first-order valence-corrected chi connectivity index (χ1v) is 7.15. The molecule has 106 valence electrons. The quantitative estimate of drug-likeness (QED) is 0.876. The van der Waals surface area contributed by atoms with Gasteiger partial charge in [-0.3, -0.25) is 0 Å². The Labute approximate surface area is 121 Å². The molecule has 20 heavy (non-hydrogen) atoms. The van der Waals surface area contributed by atoms with Gasteiger partial charge in [-0.2, -0.15) is 0 Å². The van der Waals surface area contributed by atoms with E-state index in [9.17, 15) is 0 Å². The smallest absolute Gasteiger partial charge is 0.0421 e. The minimum atomic E-state index is -0.353. The molecule has 0 aliphatic carbocycles. The molecule has 2 rings (SSSR count). The van der Waals surface area contributed by atoms with E-state index >= 15 is 0 Å². The first-order valence-electron chi connectivity index (χ1n) is 7.15. The van der Waals surface area contributed by atoms with Gasteiger partial charge in [0.1, 0.15) is 0 Å². The summed E-state index contributed by atoms with van der Waals surface area (Å²) in [5, 5.41) is 0. The molecule has 0 radical (unpaired) electrons. The van der Waals surface area contributed by atoms with E-state index in [-0.39, 0.29) is 11.6 Å². The highest BCUT2D eigenvalue weighted by molar-refractivity contribution is 5.30. The van der Waals surface area contributed by atoms with Crippen molar-refractivity contribution in [2.75, 3.05) is 0 Å². The van der Waals surface area contributed by atoms with Gasteiger partial charge in [-0.15, -0.1) is 0 Å². The zero-order chi connectivity index (χ0) is 14.6. The molecule has 0 saturated carbocycles. The predicted molar refractivity (Wildman–Crippen MR) is 85.5 cm³/mol. The third-order valence-corrected chi connectivity index (χ3v) is 3.59. The zero-order valence-corrected chi connectivity index (χ0v) is 12.3. The highest BCUT2D eigenvalue weighted by Crippen LogP contribution is 2.23. The summed E-state index contributed by atoms with van der Waals surface area (Å²) < 4.78 is 0. The van der Waals surface area contributed by atoms with E-state index in [2.05, 4.69) is 55.5 Å². The fourth-order valence-electron chi connectivity index (χ4n) is 2.52. The third kappa shape index (κ3) is 3.92. The first kappa shape index (κ1) is 14.8. The Balaban J connectivity index is 2.13. The third-order valence-electron chi connectivity index (χ3n) is 3.59. The summed E-state index contributed by atoms with van der Waals surface area (Å²) in [7, 11) is 0. The summed E-state index contributed by atoms with van der Waals surface area (Å²) >= 11 is 0.